The van der Waals surface area contributed by atoms with E-state index in [9.17, 15) is 73.2 Å². The Kier molecular flexibility index (Phi) is 31.3. The molecule has 1 aromatic carbocycles. The second kappa shape index (κ2) is 36.5. The molecule has 1 heterocycles. The molecule has 9 amide bonds. The van der Waals surface area contributed by atoms with Crippen molar-refractivity contribution in [3.63, 3.8) is 0 Å². The Bertz CT molecular complexity index is 2550. The first-order chi connectivity index (χ1) is 39.5. The smallest absolute Gasteiger partial charge is 0.326 e. The predicted molar refractivity (Wildman–Crippen MR) is 308 cm³/mol. The van der Waals surface area contributed by atoms with Gasteiger partial charge in [-0.1, -0.05) is 39.8 Å². The van der Waals surface area contributed by atoms with E-state index in [-0.39, 0.29) is 68.6 Å². The molecule has 2 rings (SSSR count). The van der Waals surface area contributed by atoms with Crippen molar-refractivity contribution >= 4 is 83.7 Å². The second-order valence-electron chi connectivity index (χ2n) is 20.7. The number of phenols is 1. The number of aromatic amines is 1. The van der Waals surface area contributed by atoms with Crippen molar-refractivity contribution in [2.75, 3.05) is 18.8 Å². The molecule has 0 saturated heterocycles. The standard InChI is InChI=1S/C52H84N16O15S/c1-25(2)39(54)48(79)67-40(26(3)4)49(80)68-41(28(6)69)50(81)66-37(23-84)47(78)60-27(5)42(73)64-36(21-30-22-57-24-59-30)46(77)61-32(11-9-19-58-52(55)56)43(74)65-35(20-29-12-14-31(70)15-13-29)45(76)62-33(16-17-38(71)72)44(75)63-34(51(82)83)10-7-8-18-53/h12-15,22,24-28,32-37,39-41,69-70,84H,7-11,16-21,23,53-54H2,1-6H3,(H,57,59)(H,60,78)(H,61,77)(H,62,76)(H,63,75)(H,64,73)(H,65,74)(H,66,81)(H,67,79)(H,68,80)(H,71,72)(H,82,83)(H4,55,56,58)/t27-,28+,32-,33-,34-,35-,36-,37-,39-,40-,41-/m0/s1. The number of aromatic nitrogens is 2. The van der Waals surface area contributed by atoms with Gasteiger partial charge in [0.2, 0.25) is 53.2 Å². The largest absolute Gasteiger partial charge is 0.508 e. The van der Waals surface area contributed by atoms with Gasteiger partial charge in [0.15, 0.2) is 5.96 Å². The van der Waals surface area contributed by atoms with E-state index in [1.165, 1.54) is 50.6 Å². The van der Waals surface area contributed by atoms with Crippen LogP contribution in [0.15, 0.2) is 41.8 Å². The lowest BCUT2D eigenvalue weighted by Crippen LogP contribution is -2.62. The zero-order valence-electron chi connectivity index (χ0n) is 47.9. The fourth-order valence-electron chi connectivity index (χ4n) is 7.92. The molecule has 84 heavy (non-hydrogen) atoms. The van der Waals surface area contributed by atoms with Crippen molar-refractivity contribution in [2.24, 2.45) is 39.8 Å². The van der Waals surface area contributed by atoms with Crippen molar-refractivity contribution in [3.05, 3.63) is 48.0 Å². The lowest BCUT2D eigenvalue weighted by Gasteiger charge is -2.29. The summed E-state index contributed by atoms with van der Waals surface area (Å²) >= 11 is 4.19. The summed E-state index contributed by atoms with van der Waals surface area (Å²) in [5, 5.41) is 62.1. The van der Waals surface area contributed by atoms with Crippen molar-refractivity contribution in [1.29, 1.82) is 0 Å². The number of carbonyl (C=O) groups excluding carboxylic acids is 9. The molecule has 0 aliphatic rings. The molecule has 468 valence electrons. The molecule has 0 unspecified atom stereocenters. The Balaban J connectivity index is 2.46. The molecule has 31 nitrogen and oxygen atoms in total. The number of benzene rings is 1. The third-order valence-corrected chi connectivity index (χ3v) is 13.3. The first kappa shape index (κ1) is 72.0. The van der Waals surface area contributed by atoms with Crippen LogP contribution in [0.4, 0.5) is 0 Å². The number of aliphatic hydroxyl groups excluding tert-OH is 1. The number of carboxylic acids is 2. The molecular weight excluding hydrogens is 1120 g/mol. The average molecular weight is 1210 g/mol. The molecule has 0 aliphatic carbocycles. The van der Waals surface area contributed by atoms with E-state index >= 15 is 0 Å². The van der Waals surface area contributed by atoms with Gasteiger partial charge in [-0.2, -0.15) is 12.6 Å². The van der Waals surface area contributed by atoms with Crippen LogP contribution in [-0.4, -0.2) is 187 Å². The number of aliphatic carboxylic acids is 2. The second-order valence-corrected chi connectivity index (χ2v) is 21.0. The number of aliphatic hydroxyl groups is 1. The van der Waals surface area contributed by atoms with Crippen LogP contribution in [-0.2, 0) is 65.6 Å². The molecule has 0 aliphatic heterocycles. The number of unbranched alkanes of at least 4 members (excludes halogenated alkanes) is 1. The number of guanidine groups is 1. The number of carbonyl (C=O) groups is 11. The summed E-state index contributed by atoms with van der Waals surface area (Å²) in [6.45, 7) is 9.37. The van der Waals surface area contributed by atoms with Crippen LogP contribution >= 0.6 is 12.6 Å². The minimum absolute atomic E-state index is 0.0364. The van der Waals surface area contributed by atoms with Gasteiger partial charge in [-0.15, -0.1) is 0 Å². The van der Waals surface area contributed by atoms with Crippen LogP contribution < -0.4 is 70.8 Å². The number of amides is 9. The van der Waals surface area contributed by atoms with Crippen LogP contribution in [0, 0.1) is 11.8 Å². The molecule has 0 saturated carbocycles. The van der Waals surface area contributed by atoms with Crippen molar-refractivity contribution < 1.29 is 73.2 Å². The SMILES string of the molecule is CC(C)[C@H](N)C(=O)N[C@H](C(=O)N[C@H](C(=O)N[C@@H](CS)C(=O)N[C@@H](C)C(=O)N[C@@H](Cc1cnc[nH]1)C(=O)N[C@@H](CCCN=C(N)N)C(=O)N[C@@H](Cc1ccc(O)cc1)C(=O)N[C@@H](CCC(=O)O)C(=O)N[C@@H](CCCCN)C(=O)O)[C@@H](C)O)C(C)C. The number of aromatic hydroxyl groups is 1. The Morgan fingerprint density at radius 2 is 1.10 bits per heavy atom. The van der Waals surface area contributed by atoms with E-state index in [4.69, 9.17) is 22.9 Å². The molecule has 22 N–H and O–H groups in total. The highest BCUT2D eigenvalue weighted by Crippen LogP contribution is 2.14. The number of hydrogen-bond acceptors (Lipinski definition) is 18. The fourth-order valence-corrected chi connectivity index (χ4v) is 8.18. The number of imidazole rings is 1. The van der Waals surface area contributed by atoms with Crippen molar-refractivity contribution in [1.82, 2.24) is 57.8 Å². The number of H-pyrrole nitrogens is 1. The van der Waals surface area contributed by atoms with Crippen LogP contribution in [0.2, 0.25) is 0 Å². The van der Waals surface area contributed by atoms with Gasteiger partial charge in [-0.25, -0.2) is 9.78 Å². The molecule has 11 atom stereocenters. The number of carboxylic acid groups (broad SMARTS) is 2. The first-order valence-corrected chi connectivity index (χ1v) is 27.9. The highest BCUT2D eigenvalue weighted by Gasteiger charge is 2.37. The summed E-state index contributed by atoms with van der Waals surface area (Å²) in [7, 11) is 0. The van der Waals surface area contributed by atoms with Crippen LogP contribution in [0.3, 0.4) is 0 Å². The van der Waals surface area contributed by atoms with Crippen molar-refractivity contribution in [3.8, 4) is 5.75 Å². The highest BCUT2D eigenvalue weighted by molar-refractivity contribution is 7.80. The monoisotopic (exact) mass is 1200 g/mol. The lowest BCUT2D eigenvalue weighted by atomic mass is 9.99. The third kappa shape index (κ3) is 25.6. The van der Waals surface area contributed by atoms with E-state index < -0.39 is 150 Å². The number of phenolic OH excluding ortho intramolecular Hbond substituents is 1. The summed E-state index contributed by atoms with van der Waals surface area (Å²) in [5.74, 6) is -12.7. The van der Waals surface area contributed by atoms with E-state index in [1.54, 1.807) is 27.7 Å². The molecule has 2 aromatic rings. The van der Waals surface area contributed by atoms with Gasteiger partial charge in [-0.05, 0) is 88.4 Å². The summed E-state index contributed by atoms with van der Waals surface area (Å²) in [4.78, 5) is 158. The zero-order valence-corrected chi connectivity index (χ0v) is 48.8. The van der Waals surface area contributed by atoms with Crippen LogP contribution in [0.25, 0.3) is 0 Å². The number of thiol groups is 1. The van der Waals surface area contributed by atoms with E-state index in [1.807, 2.05) is 0 Å². The summed E-state index contributed by atoms with van der Waals surface area (Å²) in [5.41, 5.74) is 23.2. The quantitative estimate of drug-likeness (QED) is 0.0130. The molecule has 0 spiro atoms. The number of nitrogens with one attached hydrogen (secondary N) is 10. The van der Waals surface area contributed by atoms with Gasteiger partial charge in [0.1, 0.15) is 60.1 Å². The van der Waals surface area contributed by atoms with Crippen LogP contribution in [0.1, 0.15) is 97.7 Å². The Morgan fingerprint density at radius 1 is 0.595 bits per heavy atom. The van der Waals surface area contributed by atoms with E-state index in [2.05, 4.69) is 75.4 Å². The maximum atomic E-state index is 14.5. The Labute approximate surface area is 491 Å². The van der Waals surface area contributed by atoms with Gasteiger partial charge >= 0.3 is 11.9 Å². The number of nitrogens with two attached hydrogens (primary N) is 4. The van der Waals surface area contributed by atoms with Gasteiger partial charge < -0.3 is 96.2 Å². The molecule has 0 fully saturated rings. The Morgan fingerprint density at radius 3 is 1.61 bits per heavy atom. The molecule has 0 bridgehead atoms. The van der Waals surface area contributed by atoms with Crippen LogP contribution in [0.5, 0.6) is 5.75 Å². The summed E-state index contributed by atoms with van der Waals surface area (Å²) in [6.07, 6.45) is -0.0848. The number of nitrogens with zero attached hydrogens (tertiary/aromatic N) is 2. The lowest BCUT2D eigenvalue weighted by molar-refractivity contribution is -0.143. The summed E-state index contributed by atoms with van der Waals surface area (Å²) < 4.78 is 0. The topological polar surface area (TPSA) is 522 Å². The zero-order chi connectivity index (χ0) is 63.4. The number of rotatable bonds is 38. The van der Waals surface area contributed by atoms with Gasteiger partial charge in [-0.3, -0.25) is 52.9 Å². The maximum Gasteiger partial charge on any atom is 0.326 e. The normalized spacial score (nSPS) is 15.1. The highest BCUT2D eigenvalue weighted by atomic mass is 32.1. The van der Waals surface area contributed by atoms with E-state index in [0.29, 0.717) is 24.1 Å². The van der Waals surface area contributed by atoms with Gasteiger partial charge in [0.05, 0.1) is 18.5 Å². The van der Waals surface area contributed by atoms with E-state index in [0.717, 1.165) is 0 Å². The first-order valence-electron chi connectivity index (χ1n) is 27.2. The number of hydrogen-bond donors (Lipinski definition) is 19. The number of aliphatic imine (C=N–C) groups is 1. The summed E-state index contributed by atoms with van der Waals surface area (Å²) in [6, 6.07) is -8.97. The predicted octanol–water partition coefficient (Wildman–Crippen LogP) is -4.63. The minimum Gasteiger partial charge on any atom is -0.508 e. The molecule has 32 heteroatoms. The third-order valence-electron chi connectivity index (χ3n) is 12.9. The van der Waals surface area contributed by atoms with Gasteiger partial charge in [0.25, 0.3) is 0 Å². The average Bonchev–Trinajstić information content (AvgIpc) is 3.87. The molecular formula is C52H84N16O15S. The maximum absolute atomic E-state index is 14.5. The minimum atomic E-state index is -1.65. The van der Waals surface area contributed by atoms with Crippen molar-refractivity contribution in [2.45, 2.75) is 166 Å². The van der Waals surface area contributed by atoms with Gasteiger partial charge in [0, 0.05) is 43.5 Å². The Hall–Kier alpha value is -8.10. The molecule has 1 aromatic heterocycles. The fraction of sp³-hybridized carbons (Fsp3) is 0.596. The molecule has 0 radical (unpaired) electrons.